The third-order valence-corrected chi connectivity index (χ3v) is 6.83. The molecule has 1 atom stereocenters. The van der Waals surface area contributed by atoms with Gasteiger partial charge in [0.25, 0.3) is 5.56 Å². The number of thiazole rings is 1. The zero-order chi connectivity index (χ0) is 19.7. The van der Waals surface area contributed by atoms with Gasteiger partial charge in [-0.15, -0.1) is 22.7 Å². The summed E-state index contributed by atoms with van der Waals surface area (Å²) in [5, 5.41) is 7.85. The van der Waals surface area contributed by atoms with Crippen molar-refractivity contribution in [3.05, 3.63) is 57.5 Å². The van der Waals surface area contributed by atoms with E-state index >= 15 is 0 Å². The van der Waals surface area contributed by atoms with E-state index in [2.05, 4.69) is 15.3 Å². The van der Waals surface area contributed by atoms with E-state index in [-0.39, 0.29) is 11.5 Å². The quantitative estimate of drug-likeness (QED) is 0.380. The number of nitrogens with one attached hydrogen (secondary N) is 1. The molecule has 0 radical (unpaired) electrons. The Morgan fingerprint density at radius 3 is 2.75 bits per heavy atom. The van der Waals surface area contributed by atoms with Crippen LogP contribution in [-0.2, 0) is 11.8 Å². The van der Waals surface area contributed by atoms with Crippen LogP contribution in [0, 0.1) is 0 Å². The summed E-state index contributed by atoms with van der Waals surface area (Å²) in [6.45, 7) is 1.79. The van der Waals surface area contributed by atoms with Crippen molar-refractivity contribution in [2.75, 3.05) is 5.32 Å². The number of fused-ring (bicyclic) bond motifs is 1. The standard InChI is InChI=1S/C19H16N4O2S3/c1-11(28-19-22-16-13(8-9-26-16)17(25)23(19)2)15(24)21-18-20-14(10-27-18)12-6-4-3-5-7-12/h3-11H,1-2H3,(H,20,21,24). The van der Waals surface area contributed by atoms with Gasteiger partial charge in [0.15, 0.2) is 10.3 Å². The highest BCUT2D eigenvalue weighted by Crippen LogP contribution is 2.27. The summed E-state index contributed by atoms with van der Waals surface area (Å²) >= 11 is 4.06. The van der Waals surface area contributed by atoms with E-state index in [1.165, 1.54) is 39.0 Å². The summed E-state index contributed by atoms with van der Waals surface area (Å²) in [5.74, 6) is -0.181. The predicted molar refractivity (Wildman–Crippen MR) is 116 cm³/mol. The normalized spacial score (nSPS) is 12.2. The second kappa shape index (κ2) is 7.86. The number of hydrogen-bond donors (Lipinski definition) is 1. The molecule has 0 fully saturated rings. The van der Waals surface area contributed by atoms with Crippen LogP contribution in [-0.4, -0.2) is 25.7 Å². The first kappa shape index (κ1) is 18.9. The maximum atomic E-state index is 12.6. The fourth-order valence-electron chi connectivity index (χ4n) is 2.58. The van der Waals surface area contributed by atoms with Gasteiger partial charge in [0, 0.05) is 18.0 Å². The van der Waals surface area contributed by atoms with Crippen LogP contribution in [0.2, 0.25) is 0 Å². The molecular weight excluding hydrogens is 412 g/mol. The number of benzene rings is 1. The molecule has 0 spiro atoms. The minimum absolute atomic E-state index is 0.103. The molecule has 4 aromatic rings. The van der Waals surface area contributed by atoms with E-state index in [0.29, 0.717) is 20.5 Å². The summed E-state index contributed by atoms with van der Waals surface area (Å²) in [6.07, 6.45) is 0. The summed E-state index contributed by atoms with van der Waals surface area (Å²) in [6, 6.07) is 11.6. The number of aromatic nitrogens is 3. The highest BCUT2D eigenvalue weighted by atomic mass is 32.2. The molecule has 3 aromatic heterocycles. The van der Waals surface area contributed by atoms with E-state index in [0.717, 1.165) is 11.3 Å². The van der Waals surface area contributed by atoms with Gasteiger partial charge >= 0.3 is 0 Å². The summed E-state index contributed by atoms with van der Waals surface area (Å²) in [5.41, 5.74) is 1.73. The van der Waals surface area contributed by atoms with Crippen molar-refractivity contribution < 1.29 is 4.79 Å². The lowest BCUT2D eigenvalue weighted by Crippen LogP contribution is -2.25. The molecule has 1 aromatic carbocycles. The van der Waals surface area contributed by atoms with Crippen LogP contribution >= 0.6 is 34.4 Å². The fourth-order valence-corrected chi connectivity index (χ4v) is 4.98. The van der Waals surface area contributed by atoms with Crippen LogP contribution in [0.5, 0.6) is 0 Å². The van der Waals surface area contributed by atoms with Gasteiger partial charge < -0.3 is 5.32 Å². The highest BCUT2D eigenvalue weighted by Gasteiger charge is 2.20. The number of thioether (sulfide) groups is 1. The summed E-state index contributed by atoms with van der Waals surface area (Å²) < 4.78 is 1.49. The van der Waals surface area contributed by atoms with Gasteiger partial charge in [-0.2, -0.15) is 0 Å². The van der Waals surface area contributed by atoms with Crippen LogP contribution in [0.25, 0.3) is 21.5 Å². The fraction of sp³-hybridized carbons (Fsp3) is 0.158. The smallest absolute Gasteiger partial charge is 0.262 e. The van der Waals surface area contributed by atoms with Crippen LogP contribution in [0.15, 0.2) is 57.1 Å². The van der Waals surface area contributed by atoms with E-state index in [4.69, 9.17) is 0 Å². The molecule has 9 heteroatoms. The van der Waals surface area contributed by atoms with Crippen molar-refractivity contribution in [3.8, 4) is 11.3 Å². The Labute approximate surface area is 173 Å². The maximum absolute atomic E-state index is 12.6. The van der Waals surface area contributed by atoms with Gasteiger partial charge in [0.2, 0.25) is 5.91 Å². The highest BCUT2D eigenvalue weighted by molar-refractivity contribution is 8.00. The number of carbonyl (C=O) groups excluding carboxylic acids is 1. The lowest BCUT2D eigenvalue weighted by molar-refractivity contribution is -0.115. The second-order valence-electron chi connectivity index (χ2n) is 6.05. The minimum atomic E-state index is -0.431. The molecule has 1 unspecified atom stereocenters. The molecule has 0 saturated heterocycles. The predicted octanol–water partition coefficient (Wildman–Crippen LogP) is 4.24. The monoisotopic (exact) mass is 428 g/mol. The molecule has 28 heavy (non-hydrogen) atoms. The van der Waals surface area contributed by atoms with Crippen LogP contribution in [0.3, 0.4) is 0 Å². The number of nitrogens with zero attached hydrogens (tertiary/aromatic N) is 3. The molecule has 1 amide bonds. The van der Waals surface area contributed by atoms with E-state index in [1.54, 1.807) is 20.0 Å². The molecule has 0 aliphatic rings. The van der Waals surface area contributed by atoms with Gasteiger partial charge in [-0.3, -0.25) is 14.2 Å². The zero-order valence-electron chi connectivity index (χ0n) is 15.1. The van der Waals surface area contributed by atoms with Crippen molar-refractivity contribution >= 4 is 55.7 Å². The van der Waals surface area contributed by atoms with Crippen LogP contribution in [0.1, 0.15) is 6.92 Å². The zero-order valence-corrected chi connectivity index (χ0v) is 17.5. The molecule has 6 nitrogen and oxygen atoms in total. The second-order valence-corrected chi connectivity index (χ2v) is 9.11. The summed E-state index contributed by atoms with van der Waals surface area (Å²) in [7, 11) is 1.67. The molecule has 4 rings (SSSR count). The van der Waals surface area contributed by atoms with Crippen molar-refractivity contribution in [2.24, 2.45) is 7.05 Å². The first-order chi connectivity index (χ1) is 13.5. The Kier molecular flexibility index (Phi) is 5.29. The molecule has 3 heterocycles. The number of carbonyl (C=O) groups is 1. The minimum Gasteiger partial charge on any atom is -0.301 e. The van der Waals surface area contributed by atoms with Gasteiger partial charge in [0.1, 0.15) is 4.83 Å². The molecule has 0 saturated carbocycles. The van der Waals surface area contributed by atoms with E-state index in [9.17, 15) is 9.59 Å². The largest absolute Gasteiger partial charge is 0.301 e. The van der Waals surface area contributed by atoms with Crippen LogP contribution in [0.4, 0.5) is 5.13 Å². The number of amides is 1. The molecular formula is C19H16N4O2S3. The molecule has 1 N–H and O–H groups in total. The Bertz CT molecular complexity index is 1200. The SMILES string of the molecule is CC(Sc1nc2sccc2c(=O)n1C)C(=O)Nc1nc(-c2ccccc2)cs1. The molecule has 142 valence electrons. The van der Waals surface area contributed by atoms with Crippen molar-refractivity contribution in [1.82, 2.24) is 14.5 Å². The van der Waals surface area contributed by atoms with E-state index < -0.39 is 5.25 Å². The molecule has 0 aliphatic carbocycles. The van der Waals surface area contributed by atoms with Crippen molar-refractivity contribution in [3.63, 3.8) is 0 Å². The number of anilines is 1. The topological polar surface area (TPSA) is 76.9 Å². The Balaban J connectivity index is 1.48. The lowest BCUT2D eigenvalue weighted by Gasteiger charge is -2.12. The first-order valence-corrected chi connectivity index (χ1v) is 11.1. The van der Waals surface area contributed by atoms with Gasteiger partial charge in [-0.1, -0.05) is 42.1 Å². The number of hydrogen-bond acceptors (Lipinski definition) is 7. The molecule has 0 bridgehead atoms. The van der Waals surface area contributed by atoms with Crippen LogP contribution < -0.4 is 10.9 Å². The molecule has 0 aliphatic heterocycles. The average molecular weight is 429 g/mol. The van der Waals surface area contributed by atoms with E-state index in [1.807, 2.05) is 41.1 Å². The summed E-state index contributed by atoms with van der Waals surface area (Å²) in [4.78, 5) is 34.7. The lowest BCUT2D eigenvalue weighted by atomic mass is 10.2. The Morgan fingerprint density at radius 2 is 1.96 bits per heavy atom. The maximum Gasteiger partial charge on any atom is 0.262 e. The van der Waals surface area contributed by atoms with Gasteiger partial charge in [-0.05, 0) is 18.4 Å². The third kappa shape index (κ3) is 3.73. The number of rotatable bonds is 5. The van der Waals surface area contributed by atoms with Crippen molar-refractivity contribution in [1.29, 1.82) is 0 Å². The first-order valence-electron chi connectivity index (χ1n) is 8.45. The third-order valence-electron chi connectivity index (χ3n) is 4.12. The van der Waals surface area contributed by atoms with Crippen molar-refractivity contribution in [2.45, 2.75) is 17.3 Å². The Hall–Kier alpha value is -2.49. The Morgan fingerprint density at radius 1 is 1.18 bits per heavy atom. The van der Waals surface area contributed by atoms with Gasteiger partial charge in [-0.25, -0.2) is 9.97 Å². The average Bonchev–Trinajstić information content (AvgIpc) is 3.36. The van der Waals surface area contributed by atoms with Gasteiger partial charge in [0.05, 0.1) is 16.3 Å². The number of thiophene rings is 1.